The molecule has 8 heteroatoms. The molecule has 0 atom stereocenters. The van der Waals surface area contributed by atoms with Crippen LogP contribution in [0.2, 0.25) is 0 Å². The molecule has 160 valence electrons. The highest BCUT2D eigenvalue weighted by Gasteiger charge is 2.10. The lowest BCUT2D eigenvalue weighted by Gasteiger charge is -2.09. The Kier molecular flexibility index (Phi) is 7.94. The number of carbonyl (C=O) groups is 1. The van der Waals surface area contributed by atoms with Gasteiger partial charge < -0.3 is 10.1 Å². The average Bonchev–Trinajstić information content (AvgIpc) is 2.81. The maximum atomic E-state index is 12.4. The maximum Gasteiger partial charge on any atom is 0.269 e. The van der Waals surface area contributed by atoms with Gasteiger partial charge in [-0.05, 0) is 69.6 Å². The fourth-order valence-electron chi connectivity index (χ4n) is 2.79. The van der Waals surface area contributed by atoms with Crippen molar-refractivity contribution in [2.75, 3.05) is 0 Å². The largest absolute Gasteiger partial charge is 0.488 e. The third-order valence-corrected chi connectivity index (χ3v) is 5.31. The number of ether oxygens (including phenoxy) is 1. The Hall–Kier alpha value is -3.71. The van der Waals surface area contributed by atoms with Gasteiger partial charge in [0.25, 0.3) is 11.6 Å². The van der Waals surface area contributed by atoms with Gasteiger partial charge in [-0.15, -0.1) is 0 Å². The molecule has 7 nitrogen and oxygen atoms in total. The topological polar surface area (TPSA) is 105 Å². The van der Waals surface area contributed by atoms with E-state index in [9.17, 15) is 20.2 Å². The van der Waals surface area contributed by atoms with Crippen molar-refractivity contribution in [2.24, 2.45) is 0 Å². The Labute approximate surface area is 198 Å². The summed E-state index contributed by atoms with van der Waals surface area (Å²) in [6.45, 7) is 0.597. The first-order valence-electron chi connectivity index (χ1n) is 9.56. The zero-order valence-corrected chi connectivity index (χ0v) is 19.0. The molecule has 0 aliphatic heterocycles. The van der Waals surface area contributed by atoms with Crippen LogP contribution in [0.25, 0.3) is 6.08 Å². The molecular weight excluding hydrogens is 521 g/mol. The molecule has 0 radical (unpaired) electrons. The quantitative estimate of drug-likeness (QED) is 0.143. The average molecular weight is 539 g/mol. The number of nitro benzene ring substituents is 1. The summed E-state index contributed by atoms with van der Waals surface area (Å²) in [5.41, 5.74) is 2.49. The highest BCUT2D eigenvalue weighted by molar-refractivity contribution is 14.1. The second-order valence-electron chi connectivity index (χ2n) is 6.74. The number of nitrogens with one attached hydrogen (secondary N) is 1. The van der Waals surface area contributed by atoms with E-state index in [0.29, 0.717) is 17.9 Å². The SMILES string of the molecule is N#C/C(=C/c1ccc(OCc2ccc([N+](=O)[O-])cc2)c(I)c1)C(=O)NCc1ccccc1. The monoisotopic (exact) mass is 539 g/mol. The van der Waals surface area contributed by atoms with Crippen LogP contribution in [-0.2, 0) is 17.9 Å². The standard InChI is InChI=1S/C24H18IN3O4/c25-22-13-19(12-20(14-26)24(29)27-15-17-4-2-1-3-5-17)8-11-23(22)32-16-18-6-9-21(10-7-18)28(30)31/h1-13H,15-16H2,(H,27,29)/b20-12-. The third-order valence-electron chi connectivity index (χ3n) is 4.47. The normalized spacial score (nSPS) is 10.8. The molecule has 0 fully saturated rings. The molecule has 0 spiro atoms. The highest BCUT2D eigenvalue weighted by Crippen LogP contribution is 2.24. The van der Waals surface area contributed by atoms with E-state index in [1.165, 1.54) is 18.2 Å². The van der Waals surface area contributed by atoms with Crippen molar-refractivity contribution in [3.63, 3.8) is 0 Å². The van der Waals surface area contributed by atoms with Crippen LogP contribution in [0.5, 0.6) is 5.75 Å². The van der Waals surface area contributed by atoms with Crippen molar-refractivity contribution in [3.05, 3.63) is 109 Å². The predicted octanol–water partition coefficient (Wildman–Crippen LogP) is 5.00. The van der Waals surface area contributed by atoms with Gasteiger partial charge in [-0.3, -0.25) is 14.9 Å². The van der Waals surface area contributed by atoms with Crippen LogP contribution in [0.4, 0.5) is 5.69 Å². The Morgan fingerprint density at radius 2 is 1.81 bits per heavy atom. The molecule has 0 aromatic heterocycles. The van der Waals surface area contributed by atoms with Crippen molar-refractivity contribution >= 4 is 40.3 Å². The van der Waals surface area contributed by atoms with Crippen LogP contribution in [-0.4, -0.2) is 10.8 Å². The molecule has 0 heterocycles. The summed E-state index contributed by atoms with van der Waals surface area (Å²) in [7, 11) is 0. The lowest BCUT2D eigenvalue weighted by atomic mass is 10.1. The molecule has 0 aliphatic carbocycles. The van der Waals surface area contributed by atoms with Gasteiger partial charge in [0.05, 0.1) is 8.49 Å². The van der Waals surface area contributed by atoms with Crippen LogP contribution >= 0.6 is 22.6 Å². The van der Waals surface area contributed by atoms with E-state index >= 15 is 0 Å². The number of nitro groups is 1. The molecule has 1 amide bonds. The summed E-state index contributed by atoms with van der Waals surface area (Å²) in [5.74, 6) is 0.193. The van der Waals surface area contributed by atoms with Gasteiger partial charge in [-0.1, -0.05) is 36.4 Å². The van der Waals surface area contributed by atoms with Gasteiger partial charge in [0.1, 0.15) is 24.0 Å². The number of rotatable bonds is 8. The van der Waals surface area contributed by atoms with E-state index in [4.69, 9.17) is 4.74 Å². The lowest BCUT2D eigenvalue weighted by molar-refractivity contribution is -0.384. The summed E-state index contributed by atoms with van der Waals surface area (Å²) in [6, 6.07) is 22.9. The number of hydrogen-bond donors (Lipinski definition) is 1. The van der Waals surface area contributed by atoms with Crippen molar-refractivity contribution in [2.45, 2.75) is 13.2 Å². The van der Waals surface area contributed by atoms with Crippen LogP contribution in [0.3, 0.4) is 0 Å². The number of nitriles is 1. The minimum absolute atomic E-state index is 0.0104. The van der Waals surface area contributed by atoms with E-state index in [1.807, 2.05) is 42.5 Å². The summed E-state index contributed by atoms with van der Waals surface area (Å²) in [5, 5.41) is 22.9. The third kappa shape index (κ3) is 6.39. The zero-order chi connectivity index (χ0) is 22.9. The molecule has 0 saturated carbocycles. The minimum atomic E-state index is -0.447. The van der Waals surface area contributed by atoms with E-state index < -0.39 is 10.8 Å². The van der Waals surface area contributed by atoms with Gasteiger partial charge in [0.2, 0.25) is 0 Å². The lowest BCUT2D eigenvalue weighted by Crippen LogP contribution is -2.23. The van der Waals surface area contributed by atoms with E-state index in [2.05, 4.69) is 27.9 Å². The van der Waals surface area contributed by atoms with E-state index in [-0.39, 0.29) is 17.9 Å². The van der Waals surface area contributed by atoms with Crippen molar-refractivity contribution in [1.29, 1.82) is 5.26 Å². The van der Waals surface area contributed by atoms with Crippen LogP contribution in [0.15, 0.2) is 78.4 Å². The number of hydrogen-bond acceptors (Lipinski definition) is 5. The Balaban J connectivity index is 1.63. The summed E-state index contributed by atoms with van der Waals surface area (Å²) < 4.78 is 6.61. The van der Waals surface area contributed by atoms with E-state index in [0.717, 1.165) is 14.7 Å². The zero-order valence-electron chi connectivity index (χ0n) is 16.8. The van der Waals surface area contributed by atoms with Gasteiger partial charge in [0.15, 0.2) is 0 Å². The van der Waals surface area contributed by atoms with Crippen LogP contribution in [0, 0.1) is 25.0 Å². The van der Waals surface area contributed by atoms with Crippen molar-refractivity contribution in [3.8, 4) is 11.8 Å². The minimum Gasteiger partial charge on any atom is -0.488 e. The van der Waals surface area contributed by atoms with Gasteiger partial charge in [-0.2, -0.15) is 5.26 Å². The summed E-state index contributed by atoms with van der Waals surface area (Å²) >= 11 is 2.12. The first-order chi connectivity index (χ1) is 15.5. The van der Waals surface area contributed by atoms with Gasteiger partial charge >= 0.3 is 0 Å². The number of nitrogens with zero attached hydrogens (tertiary/aromatic N) is 2. The Morgan fingerprint density at radius 3 is 2.44 bits per heavy atom. The maximum absolute atomic E-state index is 12.4. The van der Waals surface area contributed by atoms with Crippen molar-refractivity contribution in [1.82, 2.24) is 5.32 Å². The van der Waals surface area contributed by atoms with Gasteiger partial charge in [0, 0.05) is 18.7 Å². The van der Waals surface area contributed by atoms with Crippen molar-refractivity contribution < 1.29 is 14.5 Å². The molecule has 0 bridgehead atoms. The number of amides is 1. The second kappa shape index (κ2) is 11.1. The Bertz CT molecular complexity index is 1190. The summed E-state index contributed by atoms with van der Waals surface area (Å²) in [6.07, 6.45) is 1.53. The second-order valence-corrected chi connectivity index (χ2v) is 7.90. The number of halogens is 1. The molecule has 32 heavy (non-hydrogen) atoms. The smallest absolute Gasteiger partial charge is 0.269 e. The number of carbonyl (C=O) groups excluding carboxylic acids is 1. The fourth-order valence-corrected chi connectivity index (χ4v) is 3.48. The first kappa shape index (κ1) is 23.0. The molecule has 3 rings (SSSR count). The fraction of sp³-hybridized carbons (Fsp3) is 0.0833. The van der Waals surface area contributed by atoms with Gasteiger partial charge in [-0.25, -0.2) is 0 Å². The molecule has 0 unspecified atom stereocenters. The molecule has 0 saturated heterocycles. The molecule has 3 aromatic rings. The molecule has 3 aromatic carbocycles. The molecule has 0 aliphatic rings. The molecular formula is C24H18IN3O4. The van der Waals surface area contributed by atoms with E-state index in [1.54, 1.807) is 24.3 Å². The first-order valence-corrected chi connectivity index (χ1v) is 10.6. The number of non-ortho nitro benzene ring substituents is 1. The molecule has 1 N–H and O–H groups in total. The highest BCUT2D eigenvalue weighted by atomic mass is 127. The predicted molar refractivity (Wildman–Crippen MR) is 128 cm³/mol. The van der Waals surface area contributed by atoms with Crippen LogP contribution in [0.1, 0.15) is 16.7 Å². The van der Waals surface area contributed by atoms with Crippen LogP contribution < -0.4 is 10.1 Å². The number of benzene rings is 3. The Morgan fingerprint density at radius 1 is 1.09 bits per heavy atom. The summed E-state index contributed by atoms with van der Waals surface area (Å²) in [4.78, 5) is 22.6.